The number of H-pyrrole nitrogens is 1. The number of aryl methyl sites for hydroxylation is 1. The largest absolute Gasteiger partial charge is 0.334 e. The van der Waals surface area contributed by atoms with Crippen molar-refractivity contribution in [3.05, 3.63) is 42.4 Å². The van der Waals surface area contributed by atoms with Gasteiger partial charge in [-0.25, -0.2) is 4.98 Å². The summed E-state index contributed by atoms with van der Waals surface area (Å²) in [6.07, 6.45) is 3.25. The lowest BCUT2D eigenvalue weighted by molar-refractivity contribution is 0.586. The Morgan fingerprint density at radius 3 is 2.70 bits per heavy atom. The van der Waals surface area contributed by atoms with E-state index in [0.29, 0.717) is 25.2 Å². The maximum atomic E-state index is 12.7. The van der Waals surface area contributed by atoms with Gasteiger partial charge in [-0.2, -0.15) is 8.42 Å². The van der Waals surface area contributed by atoms with E-state index in [4.69, 9.17) is 5.73 Å². The highest BCUT2D eigenvalue weighted by molar-refractivity contribution is 7.92. The van der Waals surface area contributed by atoms with Crippen LogP contribution in [0.4, 0.5) is 5.69 Å². The van der Waals surface area contributed by atoms with Crippen LogP contribution in [-0.2, 0) is 10.0 Å². The third-order valence-electron chi connectivity index (χ3n) is 2.99. The van der Waals surface area contributed by atoms with Gasteiger partial charge in [0, 0.05) is 6.54 Å². The number of hydrogen-bond donors (Lipinski definition) is 2. The van der Waals surface area contributed by atoms with E-state index in [1.54, 1.807) is 6.07 Å². The maximum Gasteiger partial charge on any atom is 0.281 e. The number of rotatable bonds is 6. The topological polar surface area (TPSA) is 92.1 Å². The number of imidazole rings is 1. The molecule has 7 heteroatoms. The lowest BCUT2D eigenvalue weighted by Crippen LogP contribution is -2.33. The number of hydrogen-bond acceptors (Lipinski definition) is 4. The summed E-state index contributed by atoms with van der Waals surface area (Å²) in [6, 6.07) is 7.37. The first-order chi connectivity index (χ1) is 9.57. The summed E-state index contributed by atoms with van der Waals surface area (Å²) in [5, 5.41) is 0.0813. The number of nitrogens with zero attached hydrogens (tertiary/aromatic N) is 2. The van der Waals surface area contributed by atoms with Crippen molar-refractivity contribution in [3.8, 4) is 0 Å². The zero-order valence-corrected chi connectivity index (χ0v) is 12.1. The second kappa shape index (κ2) is 6.06. The van der Waals surface area contributed by atoms with Crippen LogP contribution in [0, 0.1) is 6.92 Å². The molecule has 20 heavy (non-hydrogen) atoms. The van der Waals surface area contributed by atoms with Crippen molar-refractivity contribution in [2.45, 2.75) is 18.4 Å². The molecule has 3 N–H and O–H groups in total. The molecule has 1 aromatic heterocycles. The zero-order chi connectivity index (χ0) is 14.6. The molecule has 2 rings (SSSR count). The van der Waals surface area contributed by atoms with Crippen molar-refractivity contribution >= 4 is 15.7 Å². The average Bonchev–Trinajstić information content (AvgIpc) is 2.95. The Morgan fingerprint density at radius 1 is 1.35 bits per heavy atom. The smallest absolute Gasteiger partial charge is 0.281 e. The quantitative estimate of drug-likeness (QED) is 0.839. The van der Waals surface area contributed by atoms with E-state index in [1.165, 1.54) is 16.8 Å². The maximum absolute atomic E-state index is 12.7. The Labute approximate surface area is 118 Å². The Hall–Kier alpha value is -1.86. The van der Waals surface area contributed by atoms with E-state index >= 15 is 0 Å². The molecule has 0 bridgehead atoms. The zero-order valence-electron chi connectivity index (χ0n) is 11.3. The molecule has 0 unspecified atom stereocenters. The van der Waals surface area contributed by atoms with E-state index in [2.05, 4.69) is 9.97 Å². The van der Waals surface area contributed by atoms with Crippen molar-refractivity contribution in [3.63, 3.8) is 0 Å². The molecule has 0 saturated heterocycles. The van der Waals surface area contributed by atoms with Crippen molar-refractivity contribution in [1.29, 1.82) is 0 Å². The van der Waals surface area contributed by atoms with Gasteiger partial charge < -0.3 is 10.7 Å². The molecule has 0 aliphatic rings. The van der Waals surface area contributed by atoms with Gasteiger partial charge in [0.25, 0.3) is 10.0 Å². The van der Waals surface area contributed by atoms with Crippen LogP contribution in [0.25, 0.3) is 0 Å². The Morgan fingerprint density at radius 2 is 2.10 bits per heavy atom. The van der Waals surface area contributed by atoms with Crippen molar-refractivity contribution in [2.24, 2.45) is 5.73 Å². The normalized spacial score (nSPS) is 11.5. The van der Waals surface area contributed by atoms with Crippen LogP contribution in [0.1, 0.15) is 12.0 Å². The number of nitrogens with one attached hydrogen (secondary N) is 1. The summed E-state index contributed by atoms with van der Waals surface area (Å²) >= 11 is 0. The number of para-hydroxylation sites is 1. The van der Waals surface area contributed by atoms with Crippen LogP contribution in [-0.4, -0.2) is 31.5 Å². The van der Waals surface area contributed by atoms with E-state index in [0.717, 1.165) is 5.56 Å². The highest BCUT2D eigenvalue weighted by atomic mass is 32.2. The predicted octanol–water partition coefficient (Wildman–Crippen LogP) is 1.26. The van der Waals surface area contributed by atoms with Gasteiger partial charge in [0.15, 0.2) is 5.03 Å². The molecule has 1 aromatic carbocycles. The van der Waals surface area contributed by atoms with E-state index in [9.17, 15) is 8.42 Å². The molecule has 6 nitrogen and oxygen atoms in total. The number of aromatic amines is 1. The van der Waals surface area contributed by atoms with Crippen LogP contribution in [0.3, 0.4) is 0 Å². The molecule has 0 saturated carbocycles. The number of nitrogens with two attached hydrogens (primary N) is 1. The second-order valence-electron chi connectivity index (χ2n) is 4.42. The minimum atomic E-state index is -3.65. The second-order valence-corrected chi connectivity index (χ2v) is 6.25. The van der Waals surface area contributed by atoms with Gasteiger partial charge in [0.1, 0.15) is 0 Å². The minimum Gasteiger partial charge on any atom is -0.334 e. The van der Waals surface area contributed by atoms with Crippen LogP contribution >= 0.6 is 0 Å². The fraction of sp³-hybridized carbons (Fsp3) is 0.308. The molecule has 0 fully saturated rings. The Balaban J connectivity index is 2.46. The average molecular weight is 294 g/mol. The Bertz CT molecular complexity index is 653. The van der Waals surface area contributed by atoms with Gasteiger partial charge in [0.2, 0.25) is 0 Å². The van der Waals surface area contributed by atoms with Gasteiger partial charge >= 0.3 is 0 Å². The molecule has 0 amide bonds. The summed E-state index contributed by atoms with van der Waals surface area (Å²) in [5.74, 6) is 0. The highest BCUT2D eigenvalue weighted by Gasteiger charge is 2.26. The van der Waals surface area contributed by atoms with Crippen molar-refractivity contribution < 1.29 is 8.42 Å². The first-order valence-corrected chi connectivity index (χ1v) is 7.78. The summed E-state index contributed by atoms with van der Waals surface area (Å²) in [4.78, 5) is 6.43. The minimum absolute atomic E-state index is 0.0813. The predicted molar refractivity (Wildman–Crippen MR) is 78.0 cm³/mol. The van der Waals surface area contributed by atoms with Crippen LogP contribution < -0.4 is 10.0 Å². The summed E-state index contributed by atoms with van der Waals surface area (Å²) in [7, 11) is -3.65. The molecule has 0 aliphatic heterocycles. The summed E-state index contributed by atoms with van der Waals surface area (Å²) in [6.45, 7) is 2.65. The standard InChI is InChI=1S/C13H18N4O2S/c1-11-5-2-3-6-12(11)17(8-4-7-14)20(18,19)13-9-15-10-16-13/h2-3,5-6,9-10H,4,7-8,14H2,1H3,(H,15,16). The van der Waals surface area contributed by atoms with Gasteiger partial charge in [-0.3, -0.25) is 4.31 Å². The van der Waals surface area contributed by atoms with Gasteiger partial charge in [-0.05, 0) is 31.5 Å². The first-order valence-electron chi connectivity index (χ1n) is 6.34. The number of benzene rings is 1. The third-order valence-corrected chi connectivity index (χ3v) is 4.73. The fourth-order valence-corrected chi connectivity index (χ4v) is 3.42. The lowest BCUT2D eigenvalue weighted by atomic mass is 10.2. The van der Waals surface area contributed by atoms with E-state index in [1.807, 2.05) is 25.1 Å². The lowest BCUT2D eigenvalue weighted by Gasteiger charge is -2.25. The molecular weight excluding hydrogens is 276 g/mol. The molecule has 108 valence electrons. The van der Waals surface area contributed by atoms with Crippen molar-refractivity contribution in [2.75, 3.05) is 17.4 Å². The molecule has 2 aromatic rings. The van der Waals surface area contributed by atoms with E-state index in [-0.39, 0.29) is 5.03 Å². The molecule has 1 heterocycles. The molecule has 0 atom stereocenters. The Kier molecular flexibility index (Phi) is 4.41. The van der Waals surface area contributed by atoms with Crippen LogP contribution in [0.5, 0.6) is 0 Å². The van der Waals surface area contributed by atoms with Gasteiger partial charge in [-0.15, -0.1) is 0 Å². The van der Waals surface area contributed by atoms with Crippen LogP contribution in [0.15, 0.2) is 41.8 Å². The molecule has 0 spiro atoms. The number of aromatic nitrogens is 2. The number of anilines is 1. The van der Waals surface area contributed by atoms with Crippen molar-refractivity contribution in [1.82, 2.24) is 9.97 Å². The molecular formula is C13H18N4O2S. The van der Waals surface area contributed by atoms with Crippen LogP contribution in [0.2, 0.25) is 0 Å². The summed E-state index contributed by atoms with van der Waals surface area (Å²) < 4.78 is 26.7. The monoisotopic (exact) mass is 294 g/mol. The first kappa shape index (κ1) is 14.5. The molecule has 0 radical (unpaired) electrons. The number of sulfonamides is 1. The summed E-state index contributed by atoms with van der Waals surface area (Å²) in [5.41, 5.74) is 7.07. The van der Waals surface area contributed by atoms with E-state index < -0.39 is 10.0 Å². The highest BCUT2D eigenvalue weighted by Crippen LogP contribution is 2.25. The van der Waals surface area contributed by atoms with Gasteiger partial charge in [0.05, 0.1) is 18.2 Å². The molecule has 0 aliphatic carbocycles. The fourth-order valence-electron chi connectivity index (χ4n) is 1.95. The SMILES string of the molecule is Cc1ccccc1N(CCCN)S(=O)(=O)c1cnc[nH]1. The third kappa shape index (κ3) is 2.83. The van der Waals surface area contributed by atoms with Gasteiger partial charge in [-0.1, -0.05) is 18.2 Å².